The van der Waals surface area contributed by atoms with Crippen LogP contribution in [0.5, 0.6) is 5.75 Å². The first-order valence-electron chi connectivity index (χ1n) is 12.2. The van der Waals surface area contributed by atoms with E-state index in [1.54, 1.807) is 12.3 Å². The van der Waals surface area contributed by atoms with Gasteiger partial charge < -0.3 is 15.0 Å². The third-order valence-corrected chi connectivity index (χ3v) is 6.45. The van der Waals surface area contributed by atoms with Gasteiger partial charge in [-0.05, 0) is 48.9 Å². The van der Waals surface area contributed by atoms with Crippen molar-refractivity contribution in [2.75, 3.05) is 30.9 Å². The monoisotopic (exact) mass is 575 g/mol. The van der Waals surface area contributed by atoms with Crippen molar-refractivity contribution in [1.82, 2.24) is 9.66 Å². The average molecular weight is 576 g/mol. The molecule has 1 amide bonds. The van der Waals surface area contributed by atoms with Gasteiger partial charge >= 0.3 is 0 Å². The summed E-state index contributed by atoms with van der Waals surface area (Å²) in [7, 11) is 3.84. The number of hydrogen-bond acceptors (Lipinski definition) is 6. The summed E-state index contributed by atoms with van der Waals surface area (Å²) in [5, 5.41) is 7.87. The SMILES string of the molecule is Cc1ccccc1NC(=O)COc1cc(N(C)C)ccc1C=Nn1c(C(C)C)nc2ccc(Br)cc2c1=O. The number of aryl methyl sites for hydroxylation is 1. The molecule has 0 saturated carbocycles. The summed E-state index contributed by atoms with van der Waals surface area (Å²) < 4.78 is 8.06. The van der Waals surface area contributed by atoms with Crippen LogP contribution in [0.25, 0.3) is 10.9 Å². The second-order valence-electron chi connectivity index (χ2n) is 9.42. The minimum atomic E-state index is -0.278. The van der Waals surface area contributed by atoms with Gasteiger partial charge in [0.15, 0.2) is 6.61 Å². The van der Waals surface area contributed by atoms with Crippen molar-refractivity contribution in [3.8, 4) is 5.75 Å². The molecule has 8 nitrogen and oxygen atoms in total. The van der Waals surface area contributed by atoms with Crippen LogP contribution in [-0.4, -0.2) is 42.5 Å². The van der Waals surface area contributed by atoms with Crippen LogP contribution < -0.4 is 20.5 Å². The summed E-state index contributed by atoms with van der Waals surface area (Å²) in [5.74, 6) is 0.700. The van der Waals surface area contributed by atoms with Crippen molar-refractivity contribution >= 4 is 50.3 Å². The molecule has 4 rings (SSSR count). The Morgan fingerprint density at radius 3 is 2.63 bits per heavy atom. The maximum absolute atomic E-state index is 13.4. The molecular weight excluding hydrogens is 546 g/mol. The molecule has 4 aromatic rings. The summed E-state index contributed by atoms with van der Waals surface area (Å²) in [5.41, 5.74) is 3.57. The van der Waals surface area contributed by atoms with Gasteiger partial charge in [-0.3, -0.25) is 9.59 Å². The normalized spacial score (nSPS) is 11.3. The second-order valence-corrected chi connectivity index (χ2v) is 10.3. The smallest absolute Gasteiger partial charge is 0.282 e. The van der Waals surface area contributed by atoms with Crippen LogP contribution in [0.4, 0.5) is 11.4 Å². The van der Waals surface area contributed by atoms with E-state index in [2.05, 4.69) is 26.3 Å². The zero-order valence-corrected chi connectivity index (χ0v) is 23.6. The number of ether oxygens (including phenoxy) is 1. The molecule has 0 aliphatic heterocycles. The number of hydrogen-bond donors (Lipinski definition) is 1. The van der Waals surface area contributed by atoms with Gasteiger partial charge in [-0.15, -0.1) is 0 Å². The molecule has 0 fully saturated rings. The zero-order chi connectivity index (χ0) is 27.4. The molecule has 0 aliphatic carbocycles. The lowest BCUT2D eigenvalue weighted by Crippen LogP contribution is -2.23. The van der Waals surface area contributed by atoms with Crippen molar-refractivity contribution < 1.29 is 9.53 Å². The van der Waals surface area contributed by atoms with E-state index in [0.29, 0.717) is 28.0 Å². The van der Waals surface area contributed by atoms with Gasteiger partial charge in [0.2, 0.25) is 0 Å². The number of rotatable bonds is 8. The van der Waals surface area contributed by atoms with Crippen LogP contribution >= 0.6 is 15.9 Å². The minimum Gasteiger partial charge on any atom is -0.483 e. The van der Waals surface area contributed by atoms with Crippen LogP contribution in [-0.2, 0) is 4.79 Å². The largest absolute Gasteiger partial charge is 0.483 e. The molecule has 0 aliphatic rings. The number of fused-ring (bicyclic) bond motifs is 1. The molecule has 1 aromatic heterocycles. The molecule has 38 heavy (non-hydrogen) atoms. The fraction of sp³-hybridized carbons (Fsp3) is 0.241. The Kier molecular flexibility index (Phi) is 8.26. The highest BCUT2D eigenvalue weighted by Gasteiger charge is 2.15. The van der Waals surface area contributed by atoms with Gasteiger partial charge in [0, 0.05) is 47.5 Å². The number of amides is 1. The summed E-state index contributed by atoms with van der Waals surface area (Å²) >= 11 is 3.43. The third kappa shape index (κ3) is 6.11. The Bertz CT molecular complexity index is 1580. The predicted molar refractivity (Wildman–Crippen MR) is 157 cm³/mol. The van der Waals surface area contributed by atoms with Gasteiger partial charge in [-0.2, -0.15) is 9.78 Å². The number of nitrogens with one attached hydrogen (secondary N) is 1. The lowest BCUT2D eigenvalue weighted by molar-refractivity contribution is -0.118. The quantitative estimate of drug-likeness (QED) is 0.278. The van der Waals surface area contributed by atoms with Crippen LogP contribution in [0.2, 0.25) is 0 Å². The Morgan fingerprint density at radius 1 is 1.16 bits per heavy atom. The highest BCUT2D eigenvalue weighted by atomic mass is 79.9. The highest BCUT2D eigenvalue weighted by Crippen LogP contribution is 2.25. The Balaban J connectivity index is 1.67. The maximum atomic E-state index is 13.4. The third-order valence-electron chi connectivity index (χ3n) is 5.95. The van der Waals surface area contributed by atoms with Gasteiger partial charge in [0.05, 0.1) is 17.1 Å². The maximum Gasteiger partial charge on any atom is 0.282 e. The van der Waals surface area contributed by atoms with E-state index in [0.717, 1.165) is 21.4 Å². The van der Waals surface area contributed by atoms with E-state index in [-0.39, 0.29) is 24.0 Å². The number of para-hydroxylation sites is 1. The summed E-state index contributed by atoms with van der Waals surface area (Å²) in [6, 6.07) is 18.6. The summed E-state index contributed by atoms with van der Waals surface area (Å²) in [4.78, 5) is 32.6. The van der Waals surface area contributed by atoms with E-state index in [4.69, 9.17) is 9.72 Å². The first kappa shape index (κ1) is 27.1. The van der Waals surface area contributed by atoms with Crippen molar-refractivity contribution in [2.24, 2.45) is 5.10 Å². The summed E-state index contributed by atoms with van der Waals surface area (Å²) in [6.07, 6.45) is 1.56. The first-order chi connectivity index (χ1) is 18.1. The van der Waals surface area contributed by atoms with Crippen molar-refractivity contribution in [2.45, 2.75) is 26.7 Å². The molecule has 0 unspecified atom stereocenters. The topological polar surface area (TPSA) is 88.8 Å². The molecule has 0 spiro atoms. The van der Waals surface area contributed by atoms with Crippen molar-refractivity contribution in [1.29, 1.82) is 0 Å². The number of anilines is 2. The number of aromatic nitrogens is 2. The van der Waals surface area contributed by atoms with Crippen molar-refractivity contribution in [3.63, 3.8) is 0 Å². The molecular formula is C29H30BrN5O3. The van der Waals surface area contributed by atoms with Gasteiger partial charge in [-0.25, -0.2) is 4.98 Å². The predicted octanol–water partition coefficient (Wildman–Crippen LogP) is 5.56. The first-order valence-corrected chi connectivity index (χ1v) is 13.0. The van der Waals surface area contributed by atoms with Crippen LogP contribution in [0.3, 0.4) is 0 Å². The molecule has 1 N–H and O–H groups in total. The number of carbonyl (C=O) groups is 1. The van der Waals surface area contributed by atoms with Gasteiger partial charge in [-0.1, -0.05) is 48.0 Å². The summed E-state index contributed by atoms with van der Waals surface area (Å²) in [6.45, 7) is 5.67. The number of benzene rings is 3. The molecule has 0 bridgehead atoms. The minimum absolute atomic E-state index is 0.0372. The molecule has 0 atom stereocenters. The molecule has 0 saturated heterocycles. The van der Waals surface area contributed by atoms with Crippen LogP contribution in [0.15, 0.2) is 75.0 Å². The van der Waals surface area contributed by atoms with Gasteiger partial charge in [0.25, 0.3) is 11.5 Å². The van der Waals surface area contributed by atoms with E-state index < -0.39 is 0 Å². The van der Waals surface area contributed by atoms with Crippen molar-refractivity contribution in [3.05, 3.63) is 92.4 Å². The number of carbonyl (C=O) groups excluding carboxylic acids is 1. The molecule has 9 heteroatoms. The fourth-order valence-electron chi connectivity index (χ4n) is 3.85. The second kappa shape index (κ2) is 11.6. The molecule has 3 aromatic carbocycles. The Labute approximate surface area is 230 Å². The fourth-order valence-corrected chi connectivity index (χ4v) is 4.21. The zero-order valence-electron chi connectivity index (χ0n) is 22.0. The number of nitrogens with zero attached hydrogens (tertiary/aromatic N) is 4. The van der Waals surface area contributed by atoms with E-state index in [1.807, 2.05) is 94.4 Å². The average Bonchev–Trinajstić information content (AvgIpc) is 2.88. The lowest BCUT2D eigenvalue weighted by atomic mass is 10.1. The van der Waals surface area contributed by atoms with E-state index in [1.165, 1.54) is 4.68 Å². The Morgan fingerprint density at radius 2 is 1.92 bits per heavy atom. The molecule has 1 heterocycles. The van der Waals surface area contributed by atoms with E-state index >= 15 is 0 Å². The Hall–Kier alpha value is -3.98. The van der Waals surface area contributed by atoms with Gasteiger partial charge in [0.1, 0.15) is 11.6 Å². The highest BCUT2D eigenvalue weighted by molar-refractivity contribution is 9.10. The number of halogens is 1. The lowest BCUT2D eigenvalue weighted by Gasteiger charge is -2.16. The molecule has 196 valence electrons. The standard InChI is InChI=1S/C29H30BrN5O3/c1-18(2)28-33-25-13-11-21(30)14-23(25)29(37)35(28)31-16-20-10-12-22(34(4)5)15-26(20)38-17-27(36)32-24-9-7-6-8-19(24)3/h6-16,18H,17H2,1-5H3,(H,32,36). The molecule has 0 radical (unpaired) electrons. The van der Waals surface area contributed by atoms with Crippen LogP contribution in [0.1, 0.15) is 36.7 Å². The van der Waals surface area contributed by atoms with Crippen LogP contribution in [0, 0.1) is 6.92 Å². The van der Waals surface area contributed by atoms with E-state index in [9.17, 15) is 9.59 Å².